The first-order valence-electron chi connectivity index (χ1n) is 13.9. The van der Waals surface area contributed by atoms with Gasteiger partial charge in [-0.05, 0) is 80.1 Å². The van der Waals surface area contributed by atoms with E-state index in [1.165, 1.54) is 17.0 Å². The second kappa shape index (κ2) is 14.4. The predicted octanol–water partition coefficient (Wildman–Crippen LogP) is 6.69. The molecular formula is C32H39Cl2N3O4S. The van der Waals surface area contributed by atoms with E-state index in [-0.39, 0.29) is 23.3 Å². The molecule has 0 heterocycles. The molecule has 3 rings (SSSR count). The van der Waals surface area contributed by atoms with Gasteiger partial charge < -0.3 is 10.2 Å². The minimum atomic E-state index is -4.15. The van der Waals surface area contributed by atoms with Gasteiger partial charge in [0.05, 0.1) is 20.6 Å². The highest BCUT2D eigenvalue weighted by molar-refractivity contribution is 7.92. The number of carbonyl (C=O) groups excluding carboxylic acids is 2. The number of benzene rings is 3. The van der Waals surface area contributed by atoms with Crippen LogP contribution in [0.5, 0.6) is 0 Å². The molecule has 226 valence electrons. The molecule has 10 heteroatoms. The predicted molar refractivity (Wildman–Crippen MR) is 171 cm³/mol. The topological polar surface area (TPSA) is 86.8 Å². The van der Waals surface area contributed by atoms with Gasteiger partial charge in [0.15, 0.2) is 0 Å². The van der Waals surface area contributed by atoms with Crippen LogP contribution in [0.1, 0.15) is 49.4 Å². The molecule has 3 aromatic carbocycles. The van der Waals surface area contributed by atoms with Gasteiger partial charge in [0.2, 0.25) is 11.8 Å². The van der Waals surface area contributed by atoms with E-state index in [1.807, 2.05) is 47.6 Å². The summed E-state index contributed by atoms with van der Waals surface area (Å²) in [5.41, 5.74) is 3.59. The maximum atomic E-state index is 14.2. The Balaban J connectivity index is 2.10. The first-order chi connectivity index (χ1) is 19.8. The number of amides is 2. The highest BCUT2D eigenvalue weighted by atomic mass is 35.5. The van der Waals surface area contributed by atoms with Crippen LogP contribution in [-0.2, 0) is 26.2 Å². The lowest BCUT2D eigenvalue weighted by Gasteiger charge is -2.34. The lowest BCUT2D eigenvalue weighted by molar-refractivity contribution is -0.140. The molecule has 0 radical (unpaired) electrons. The van der Waals surface area contributed by atoms with Gasteiger partial charge in [0.25, 0.3) is 10.0 Å². The van der Waals surface area contributed by atoms with Crippen molar-refractivity contribution in [3.8, 4) is 0 Å². The molecule has 1 atom stereocenters. The number of anilines is 1. The summed E-state index contributed by atoms with van der Waals surface area (Å²) in [5, 5.41) is 3.61. The van der Waals surface area contributed by atoms with Crippen LogP contribution < -0.4 is 9.62 Å². The average molecular weight is 633 g/mol. The van der Waals surface area contributed by atoms with Crippen LogP contribution in [0.15, 0.2) is 65.6 Å². The van der Waals surface area contributed by atoms with Gasteiger partial charge in [-0.1, -0.05) is 79.9 Å². The fourth-order valence-corrected chi connectivity index (χ4v) is 6.33. The van der Waals surface area contributed by atoms with E-state index in [1.54, 1.807) is 42.5 Å². The summed E-state index contributed by atoms with van der Waals surface area (Å²) in [6, 6.07) is 16.0. The molecule has 0 aliphatic heterocycles. The number of carbonyl (C=O) groups is 2. The molecule has 7 nitrogen and oxygen atoms in total. The minimum absolute atomic E-state index is 0.0363. The Bertz CT molecular complexity index is 1530. The molecule has 0 bridgehead atoms. The molecule has 0 unspecified atom stereocenters. The van der Waals surface area contributed by atoms with E-state index in [0.29, 0.717) is 34.3 Å². The van der Waals surface area contributed by atoms with E-state index in [4.69, 9.17) is 23.2 Å². The van der Waals surface area contributed by atoms with Crippen LogP contribution in [0.25, 0.3) is 0 Å². The summed E-state index contributed by atoms with van der Waals surface area (Å²) in [5.74, 6) is -0.617. The average Bonchev–Trinajstić information content (AvgIpc) is 2.94. The second-order valence-corrected chi connectivity index (χ2v) is 13.6. The number of nitrogens with zero attached hydrogens (tertiary/aromatic N) is 2. The quantitative estimate of drug-likeness (QED) is 0.241. The largest absolute Gasteiger partial charge is 0.354 e. The third-order valence-electron chi connectivity index (χ3n) is 7.14. The summed E-state index contributed by atoms with van der Waals surface area (Å²) in [7, 11) is -4.15. The second-order valence-electron chi connectivity index (χ2n) is 10.9. The third-order valence-corrected chi connectivity index (χ3v) is 9.65. The summed E-state index contributed by atoms with van der Waals surface area (Å²) >= 11 is 12.4. The smallest absolute Gasteiger partial charge is 0.264 e. The molecular weight excluding hydrogens is 593 g/mol. The zero-order valence-electron chi connectivity index (χ0n) is 24.9. The van der Waals surface area contributed by atoms with E-state index < -0.39 is 28.5 Å². The van der Waals surface area contributed by atoms with Gasteiger partial charge in [-0.15, -0.1) is 0 Å². The zero-order chi connectivity index (χ0) is 31.2. The van der Waals surface area contributed by atoms with Crippen molar-refractivity contribution in [2.24, 2.45) is 5.92 Å². The van der Waals surface area contributed by atoms with Gasteiger partial charge in [-0.2, -0.15) is 0 Å². The maximum absolute atomic E-state index is 14.2. The van der Waals surface area contributed by atoms with Crippen molar-refractivity contribution in [2.75, 3.05) is 17.4 Å². The van der Waals surface area contributed by atoms with Crippen molar-refractivity contribution in [2.45, 2.75) is 65.4 Å². The molecule has 0 saturated heterocycles. The molecule has 0 aliphatic rings. The number of hydrogen-bond acceptors (Lipinski definition) is 4. The van der Waals surface area contributed by atoms with E-state index >= 15 is 0 Å². The van der Waals surface area contributed by atoms with Crippen molar-refractivity contribution in [3.63, 3.8) is 0 Å². The Labute approximate surface area is 259 Å². The number of nitrogens with one attached hydrogen (secondary N) is 1. The molecule has 2 amide bonds. The SMILES string of the molecule is CC[C@H](C(=O)NCC(C)C)N(Cc1ccc(Cl)c(Cl)c1)C(=O)CN(c1cccc(C)c1C)S(=O)(=O)c1ccc(C)cc1. The van der Waals surface area contributed by atoms with Crippen LogP contribution in [0.2, 0.25) is 10.0 Å². The van der Waals surface area contributed by atoms with E-state index in [9.17, 15) is 18.0 Å². The van der Waals surface area contributed by atoms with Crippen molar-refractivity contribution in [3.05, 3.63) is 93.0 Å². The fourth-order valence-electron chi connectivity index (χ4n) is 4.53. The van der Waals surface area contributed by atoms with Crippen molar-refractivity contribution < 1.29 is 18.0 Å². The molecule has 0 saturated carbocycles. The maximum Gasteiger partial charge on any atom is 0.264 e. The Morgan fingerprint density at radius 2 is 1.60 bits per heavy atom. The third kappa shape index (κ3) is 8.06. The first kappa shape index (κ1) is 33.4. The molecule has 0 aromatic heterocycles. The van der Waals surface area contributed by atoms with Crippen molar-refractivity contribution >= 4 is 50.7 Å². The Hall–Kier alpha value is -3.07. The number of aryl methyl sites for hydroxylation is 2. The van der Waals surface area contributed by atoms with Gasteiger partial charge in [-0.25, -0.2) is 8.42 Å². The van der Waals surface area contributed by atoms with E-state index in [0.717, 1.165) is 21.0 Å². The van der Waals surface area contributed by atoms with Crippen molar-refractivity contribution in [1.29, 1.82) is 0 Å². The summed E-state index contributed by atoms with van der Waals surface area (Å²) in [4.78, 5) is 29.1. The van der Waals surface area contributed by atoms with E-state index in [2.05, 4.69) is 5.32 Å². The molecule has 0 spiro atoms. The highest BCUT2D eigenvalue weighted by Gasteiger charge is 2.34. The fraction of sp³-hybridized carbons (Fsp3) is 0.375. The lowest BCUT2D eigenvalue weighted by Crippen LogP contribution is -2.52. The highest BCUT2D eigenvalue weighted by Crippen LogP contribution is 2.30. The standard InChI is InChI=1S/C32H39Cl2N3O4S/c1-7-29(32(39)35-18-21(2)3)36(19-25-13-16-27(33)28(34)17-25)31(38)20-37(30-10-8-9-23(5)24(30)6)42(40,41)26-14-11-22(4)12-15-26/h8-17,21,29H,7,18-20H2,1-6H3,(H,35,39)/t29-/m1/s1. The molecule has 1 N–H and O–H groups in total. The number of hydrogen-bond donors (Lipinski definition) is 1. The van der Waals surface area contributed by atoms with Gasteiger partial charge in [0.1, 0.15) is 12.6 Å². The number of sulfonamides is 1. The lowest BCUT2D eigenvalue weighted by atomic mass is 10.1. The first-order valence-corrected chi connectivity index (χ1v) is 16.1. The van der Waals surface area contributed by atoms with Crippen LogP contribution in [0.3, 0.4) is 0 Å². The van der Waals surface area contributed by atoms with Crippen molar-refractivity contribution in [1.82, 2.24) is 10.2 Å². The number of rotatable bonds is 12. The molecule has 0 aliphatic carbocycles. The van der Waals surface area contributed by atoms with Gasteiger partial charge in [0, 0.05) is 13.1 Å². The summed E-state index contributed by atoms with van der Waals surface area (Å²) in [6.45, 7) is 11.4. The van der Waals surface area contributed by atoms with Crippen LogP contribution in [-0.4, -0.2) is 44.3 Å². The van der Waals surface area contributed by atoms with Gasteiger partial charge in [-0.3, -0.25) is 13.9 Å². The summed E-state index contributed by atoms with van der Waals surface area (Å²) < 4.78 is 29.3. The normalized spacial score (nSPS) is 12.2. The molecule has 42 heavy (non-hydrogen) atoms. The van der Waals surface area contributed by atoms with Crippen LogP contribution in [0, 0.1) is 26.7 Å². The zero-order valence-corrected chi connectivity index (χ0v) is 27.3. The van der Waals surface area contributed by atoms with Crippen LogP contribution >= 0.6 is 23.2 Å². The minimum Gasteiger partial charge on any atom is -0.354 e. The number of halogens is 2. The Morgan fingerprint density at radius 3 is 2.19 bits per heavy atom. The summed E-state index contributed by atoms with van der Waals surface area (Å²) in [6.07, 6.45) is 0.325. The monoisotopic (exact) mass is 631 g/mol. The molecule has 0 fully saturated rings. The van der Waals surface area contributed by atoms with Crippen LogP contribution in [0.4, 0.5) is 5.69 Å². The Morgan fingerprint density at radius 1 is 0.929 bits per heavy atom. The Kier molecular flexibility index (Phi) is 11.5. The molecule has 3 aromatic rings. The van der Waals surface area contributed by atoms with Gasteiger partial charge >= 0.3 is 0 Å².